The minimum atomic E-state index is -1.03. The number of nitrogens with zero attached hydrogens (tertiary/aromatic N) is 7. The molecule has 3 fully saturated rings. The lowest BCUT2D eigenvalue weighted by atomic mass is 9.86. The zero-order valence-electron chi connectivity index (χ0n) is 24.9. The lowest BCUT2D eigenvalue weighted by Gasteiger charge is -2.47. The van der Waals surface area contributed by atoms with Crippen LogP contribution < -0.4 is 14.5 Å². The number of rotatable bonds is 7. The number of fused-ring (bicyclic) bond motifs is 2. The number of aromatic nitrogens is 2. The van der Waals surface area contributed by atoms with Gasteiger partial charge < -0.3 is 19.4 Å². The normalized spacial score (nSPS) is 23.2. The van der Waals surface area contributed by atoms with E-state index in [1.807, 2.05) is 18.2 Å². The predicted octanol–water partition coefficient (Wildman–Crippen LogP) is 5.01. The van der Waals surface area contributed by atoms with Crippen molar-refractivity contribution >= 4 is 39.8 Å². The van der Waals surface area contributed by atoms with Gasteiger partial charge in [-0.2, -0.15) is 15.2 Å². The first-order valence-corrected chi connectivity index (χ1v) is 15.9. The molecular formula is C33H34ClF2N7O2. The maximum atomic E-state index is 14.6. The Hall–Kier alpha value is -4.01. The van der Waals surface area contributed by atoms with Crippen molar-refractivity contribution in [1.82, 2.24) is 19.8 Å². The molecule has 0 N–H and O–H groups in total. The Morgan fingerprint density at radius 3 is 2.67 bits per heavy atom. The number of carbonyl (C=O) groups excluding carboxylic acids is 1. The fraction of sp³-hybridized carbons (Fsp3) is 0.455. The molecule has 1 aromatic heterocycles. The Labute approximate surface area is 265 Å². The van der Waals surface area contributed by atoms with E-state index in [-0.39, 0.29) is 24.1 Å². The predicted molar refractivity (Wildman–Crippen MR) is 168 cm³/mol. The van der Waals surface area contributed by atoms with E-state index < -0.39 is 23.6 Å². The molecule has 1 aliphatic carbocycles. The quantitative estimate of drug-likeness (QED) is 0.336. The molecule has 4 heterocycles. The maximum absolute atomic E-state index is 14.6. The van der Waals surface area contributed by atoms with Crippen LogP contribution >= 0.6 is 11.6 Å². The maximum Gasteiger partial charge on any atom is 0.319 e. The Balaban J connectivity index is 1.23. The van der Waals surface area contributed by atoms with Crippen molar-refractivity contribution in [3.05, 3.63) is 64.8 Å². The summed E-state index contributed by atoms with van der Waals surface area (Å²) >= 11 is 6.49. The molecular weight excluding hydrogens is 600 g/mol. The first kappa shape index (κ1) is 29.7. The van der Waals surface area contributed by atoms with Gasteiger partial charge in [0.05, 0.1) is 35.8 Å². The van der Waals surface area contributed by atoms with Crippen molar-refractivity contribution in [2.24, 2.45) is 0 Å². The van der Waals surface area contributed by atoms with E-state index in [4.69, 9.17) is 26.3 Å². The zero-order chi connectivity index (χ0) is 31.2. The lowest BCUT2D eigenvalue weighted by Crippen LogP contribution is -2.57. The van der Waals surface area contributed by atoms with Gasteiger partial charge in [0.1, 0.15) is 17.7 Å². The molecule has 3 atom stereocenters. The van der Waals surface area contributed by atoms with Gasteiger partial charge in [-0.15, -0.1) is 0 Å². The standard InChI is InChI=1S/C33H34ClF2N7O2/c1-20(35)32(44)43-17-16-42(18-22(43)10-12-37)31-23-11-15-41(27-5-2-4-21-6-7-24(36)30(34)29(21)27)19-25(23)38-33(39-31)45-28-9-8-26(28)40-13-3-14-40/h2,4-7,22,26,28H,1,3,8-11,13-19H2/t22-,26?,28?/m0/s1. The third-order valence-electron chi connectivity index (χ3n) is 9.67. The highest BCUT2D eigenvalue weighted by Crippen LogP contribution is 2.39. The summed E-state index contributed by atoms with van der Waals surface area (Å²) in [5, 5.41) is 11.1. The van der Waals surface area contributed by atoms with Gasteiger partial charge in [-0.3, -0.25) is 9.69 Å². The molecule has 4 aliphatic rings. The minimum absolute atomic E-state index is 0.00659. The van der Waals surface area contributed by atoms with Crippen LogP contribution in [0.2, 0.25) is 5.02 Å². The van der Waals surface area contributed by atoms with Gasteiger partial charge in [0, 0.05) is 48.9 Å². The van der Waals surface area contributed by atoms with E-state index in [9.17, 15) is 18.8 Å². The number of hydrogen-bond donors (Lipinski definition) is 0. The molecule has 9 nitrogen and oxygen atoms in total. The lowest BCUT2D eigenvalue weighted by molar-refractivity contribution is -0.131. The summed E-state index contributed by atoms with van der Waals surface area (Å²) in [6.07, 6.45) is 3.89. The molecule has 0 spiro atoms. The molecule has 0 radical (unpaired) electrons. The van der Waals surface area contributed by atoms with Crippen molar-refractivity contribution in [2.45, 2.75) is 56.8 Å². The highest BCUT2D eigenvalue weighted by atomic mass is 35.5. The van der Waals surface area contributed by atoms with Crippen LogP contribution in [0.5, 0.6) is 6.01 Å². The minimum Gasteiger partial charge on any atom is -0.458 e. The van der Waals surface area contributed by atoms with Crippen molar-refractivity contribution in [3.8, 4) is 12.1 Å². The number of nitriles is 1. The summed E-state index contributed by atoms with van der Waals surface area (Å²) in [6, 6.07) is 11.2. The van der Waals surface area contributed by atoms with Gasteiger partial charge >= 0.3 is 6.01 Å². The van der Waals surface area contributed by atoms with Crippen molar-refractivity contribution in [1.29, 1.82) is 5.26 Å². The number of ether oxygens (including phenoxy) is 1. The summed E-state index contributed by atoms with van der Waals surface area (Å²) < 4.78 is 34.9. The highest BCUT2D eigenvalue weighted by molar-refractivity contribution is 6.36. The van der Waals surface area contributed by atoms with Crippen LogP contribution in [0.25, 0.3) is 10.8 Å². The number of benzene rings is 2. The molecule has 2 saturated heterocycles. The first-order chi connectivity index (χ1) is 21.8. The number of carbonyl (C=O) groups is 1. The Morgan fingerprint density at radius 2 is 1.96 bits per heavy atom. The average Bonchev–Trinajstić information content (AvgIpc) is 3.01. The summed E-state index contributed by atoms with van der Waals surface area (Å²) in [7, 11) is 0. The number of amides is 1. The van der Waals surface area contributed by atoms with Gasteiger partial charge in [0.15, 0.2) is 5.83 Å². The molecule has 2 aromatic carbocycles. The van der Waals surface area contributed by atoms with Crippen LogP contribution in [0.4, 0.5) is 20.3 Å². The number of piperazine rings is 1. The fourth-order valence-corrected chi connectivity index (χ4v) is 7.30. The molecule has 1 amide bonds. The van der Waals surface area contributed by atoms with Gasteiger partial charge in [0.25, 0.3) is 5.91 Å². The number of halogens is 3. The average molecular weight is 634 g/mol. The molecule has 1 saturated carbocycles. The molecule has 12 heteroatoms. The first-order valence-electron chi connectivity index (χ1n) is 15.5. The van der Waals surface area contributed by atoms with Gasteiger partial charge in [-0.1, -0.05) is 36.4 Å². The summed E-state index contributed by atoms with van der Waals surface area (Å²) in [5.74, 6) is -1.57. The van der Waals surface area contributed by atoms with E-state index >= 15 is 0 Å². The van der Waals surface area contributed by atoms with Gasteiger partial charge in [-0.05, 0) is 56.3 Å². The largest absolute Gasteiger partial charge is 0.458 e. The van der Waals surface area contributed by atoms with Crippen LogP contribution in [0.1, 0.15) is 36.9 Å². The summed E-state index contributed by atoms with van der Waals surface area (Å²) in [4.78, 5) is 30.5. The Kier molecular flexibility index (Phi) is 7.96. The molecule has 0 bridgehead atoms. The zero-order valence-corrected chi connectivity index (χ0v) is 25.6. The van der Waals surface area contributed by atoms with E-state index in [0.717, 1.165) is 48.3 Å². The topological polar surface area (TPSA) is 88.8 Å². The second-order valence-electron chi connectivity index (χ2n) is 12.2. The number of likely N-dealkylation sites (tertiary alicyclic amines) is 1. The van der Waals surface area contributed by atoms with Crippen molar-refractivity contribution in [2.75, 3.05) is 49.1 Å². The van der Waals surface area contributed by atoms with E-state index in [1.165, 1.54) is 17.4 Å². The van der Waals surface area contributed by atoms with Gasteiger partial charge in [0.2, 0.25) is 0 Å². The second-order valence-corrected chi connectivity index (χ2v) is 12.6. The van der Waals surface area contributed by atoms with E-state index in [0.29, 0.717) is 55.9 Å². The monoisotopic (exact) mass is 633 g/mol. The number of hydrogen-bond acceptors (Lipinski definition) is 8. The molecule has 3 aromatic rings. The van der Waals surface area contributed by atoms with Gasteiger partial charge in [-0.25, -0.2) is 8.78 Å². The van der Waals surface area contributed by atoms with Crippen molar-refractivity contribution < 1.29 is 18.3 Å². The SMILES string of the molecule is C=C(F)C(=O)N1CCN(c2nc(OC3CCC3N3CCC3)nc3c2CCN(c2cccc4ccc(F)c(Cl)c24)C3)C[C@@H]1CC#N. The van der Waals surface area contributed by atoms with Crippen LogP contribution in [0.3, 0.4) is 0 Å². The van der Waals surface area contributed by atoms with E-state index in [1.54, 1.807) is 6.07 Å². The summed E-state index contributed by atoms with van der Waals surface area (Å²) in [6.45, 7) is 7.36. The molecule has 2 unspecified atom stereocenters. The molecule has 234 valence electrons. The summed E-state index contributed by atoms with van der Waals surface area (Å²) in [5.41, 5.74) is 2.60. The third-order valence-corrected chi connectivity index (χ3v) is 10.0. The fourth-order valence-electron chi connectivity index (χ4n) is 7.03. The van der Waals surface area contributed by atoms with Crippen molar-refractivity contribution in [3.63, 3.8) is 0 Å². The Morgan fingerprint density at radius 1 is 1.11 bits per heavy atom. The third kappa shape index (κ3) is 5.44. The van der Waals surface area contributed by atoms with Crippen LogP contribution in [-0.4, -0.2) is 83.1 Å². The van der Waals surface area contributed by atoms with E-state index in [2.05, 4.69) is 27.3 Å². The van der Waals surface area contributed by atoms with Crippen LogP contribution in [0, 0.1) is 17.1 Å². The molecule has 45 heavy (non-hydrogen) atoms. The van der Waals surface area contributed by atoms with Crippen LogP contribution in [0.15, 0.2) is 42.7 Å². The molecule has 3 aliphatic heterocycles. The Bertz CT molecular complexity index is 1710. The second kappa shape index (κ2) is 12.1. The highest BCUT2D eigenvalue weighted by Gasteiger charge is 2.41. The molecule has 7 rings (SSSR count). The number of anilines is 2. The van der Waals surface area contributed by atoms with Crippen LogP contribution in [-0.2, 0) is 17.8 Å². The smallest absolute Gasteiger partial charge is 0.319 e.